The number of amides is 1. The van der Waals surface area contributed by atoms with Gasteiger partial charge in [-0.3, -0.25) is 9.69 Å². The molecule has 0 bridgehead atoms. The van der Waals surface area contributed by atoms with Gasteiger partial charge >= 0.3 is 0 Å². The summed E-state index contributed by atoms with van der Waals surface area (Å²) in [6.45, 7) is 2.55. The van der Waals surface area contributed by atoms with Crippen LogP contribution in [0, 0.1) is 0 Å². The average Bonchev–Trinajstić information content (AvgIpc) is 3.29. The van der Waals surface area contributed by atoms with E-state index in [4.69, 9.17) is 9.47 Å². The van der Waals surface area contributed by atoms with Crippen molar-refractivity contribution in [3.63, 3.8) is 0 Å². The largest absolute Gasteiger partial charge is 0.493 e. The van der Waals surface area contributed by atoms with E-state index in [0.29, 0.717) is 18.3 Å². The molecule has 1 fully saturated rings. The van der Waals surface area contributed by atoms with E-state index < -0.39 is 0 Å². The molecule has 0 aliphatic heterocycles. The fourth-order valence-corrected chi connectivity index (χ4v) is 2.23. The van der Waals surface area contributed by atoms with Crippen LogP contribution in [-0.4, -0.2) is 44.2 Å². The lowest BCUT2D eigenvalue weighted by Crippen LogP contribution is -2.43. The van der Waals surface area contributed by atoms with E-state index in [1.54, 1.807) is 14.2 Å². The number of likely N-dealkylation sites (N-methyl/N-ethyl adjacent to an activating group) is 1. The van der Waals surface area contributed by atoms with Crippen molar-refractivity contribution in [2.45, 2.75) is 38.4 Å². The molecule has 1 aromatic rings. The molecule has 116 valence electrons. The molecular formula is C16H24N2O3. The summed E-state index contributed by atoms with van der Waals surface area (Å²) in [5.41, 5.74) is 1.01. The van der Waals surface area contributed by atoms with Crippen molar-refractivity contribution in [1.29, 1.82) is 0 Å². The van der Waals surface area contributed by atoms with Crippen molar-refractivity contribution in [3.8, 4) is 11.5 Å². The molecule has 1 atom stereocenters. The number of ether oxygens (including phenoxy) is 2. The quantitative estimate of drug-likeness (QED) is 0.832. The number of hydrogen-bond donors (Lipinski definition) is 1. The maximum absolute atomic E-state index is 12.1. The first-order chi connectivity index (χ1) is 10.1. The fourth-order valence-electron chi connectivity index (χ4n) is 2.23. The van der Waals surface area contributed by atoms with Crippen LogP contribution in [0.25, 0.3) is 0 Å². The fraction of sp³-hybridized carbons (Fsp3) is 0.562. The highest BCUT2D eigenvalue weighted by Crippen LogP contribution is 2.31. The Morgan fingerprint density at radius 3 is 2.67 bits per heavy atom. The lowest BCUT2D eigenvalue weighted by atomic mass is 10.1. The first kappa shape index (κ1) is 15.6. The maximum atomic E-state index is 12.1. The van der Waals surface area contributed by atoms with Gasteiger partial charge < -0.3 is 14.8 Å². The maximum Gasteiger partial charge on any atom is 0.237 e. The summed E-state index contributed by atoms with van der Waals surface area (Å²) in [5, 5.41) is 3.03. The zero-order valence-electron chi connectivity index (χ0n) is 13.2. The molecule has 1 aromatic carbocycles. The molecule has 0 unspecified atom stereocenters. The SMILES string of the molecule is COc1cccc(CN(C)[C@H](C)C(=O)NC2CC2)c1OC. The Kier molecular flexibility index (Phi) is 5.07. The summed E-state index contributed by atoms with van der Waals surface area (Å²) in [6, 6.07) is 6.00. The van der Waals surface area contributed by atoms with Crippen LogP contribution in [0.4, 0.5) is 0 Å². The highest BCUT2D eigenvalue weighted by Gasteiger charge is 2.27. The van der Waals surface area contributed by atoms with Gasteiger partial charge in [0.25, 0.3) is 0 Å². The molecule has 2 rings (SSSR count). The summed E-state index contributed by atoms with van der Waals surface area (Å²) in [7, 11) is 5.19. The Bertz CT molecular complexity index is 500. The first-order valence-corrected chi connectivity index (χ1v) is 7.27. The van der Waals surface area contributed by atoms with E-state index in [1.807, 2.05) is 37.1 Å². The normalized spacial score (nSPS) is 15.7. The summed E-state index contributed by atoms with van der Waals surface area (Å²) in [5.74, 6) is 1.52. The van der Waals surface area contributed by atoms with Crippen molar-refractivity contribution in [1.82, 2.24) is 10.2 Å². The third kappa shape index (κ3) is 3.88. The molecule has 0 radical (unpaired) electrons. The Balaban J connectivity index is 2.04. The van der Waals surface area contributed by atoms with Gasteiger partial charge in [-0.25, -0.2) is 0 Å². The van der Waals surface area contributed by atoms with Crippen LogP contribution in [0.3, 0.4) is 0 Å². The second kappa shape index (κ2) is 6.80. The third-order valence-corrected chi connectivity index (χ3v) is 3.87. The molecular weight excluding hydrogens is 268 g/mol. The molecule has 1 aliphatic rings. The van der Waals surface area contributed by atoms with Gasteiger partial charge in [-0.15, -0.1) is 0 Å². The number of carbonyl (C=O) groups is 1. The van der Waals surface area contributed by atoms with Gasteiger partial charge in [-0.2, -0.15) is 0 Å². The van der Waals surface area contributed by atoms with E-state index in [2.05, 4.69) is 5.32 Å². The summed E-state index contributed by atoms with van der Waals surface area (Å²) >= 11 is 0. The van der Waals surface area contributed by atoms with Gasteiger partial charge in [-0.1, -0.05) is 12.1 Å². The van der Waals surface area contributed by atoms with Crippen LogP contribution in [0.1, 0.15) is 25.3 Å². The van der Waals surface area contributed by atoms with Crippen molar-refractivity contribution in [3.05, 3.63) is 23.8 Å². The predicted octanol–water partition coefficient (Wildman–Crippen LogP) is 1.80. The summed E-state index contributed by atoms with van der Waals surface area (Å²) in [6.07, 6.45) is 2.21. The predicted molar refractivity (Wildman–Crippen MR) is 81.6 cm³/mol. The molecule has 0 spiro atoms. The molecule has 0 heterocycles. The minimum atomic E-state index is -0.179. The lowest BCUT2D eigenvalue weighted by Gasteiger charge is -2.25. The zero-order valence-corrected chi connectivity index (χ0v) is 13.2. The highest BCUT2D eigenvalue weighted by atomic mass is 16.5. The van der Waals surface area contributed by atoms with Crippen molar-refractivity contribution >= 4 is 5.91 Å². The monoisotopic (exact) mass is 292 g/mol. The van der Waals surface area contributed by atoms with E-state index >= 15 is 0 Å². The molecule has 1 saturated carbocycles. The number of methoxy groups -OCH3 is 2. The number of hydrogen-bond acceptors (Lipinski definition) is 4. The van der Waals surface area contributed by atoms with Crippen LogP contribution < -0.4 is 14.8 Å². The van der Waals surface area contributed by atoms with E-state index in [1.165, 1.54) is 0 Å². The summed E-state index contributed by atoms with van der Waals surface area (Å²) < 4.78 is 10.7. The first-order valence-electron chi connectivity index (χ1n) is 7.27. The van der Waals surface area contributed by atoms with E-state index in [0.717, 1.165) is 24.2 Å². The van der Waals surface area contributed by atoms with Gasteiger partial charge in [0, 0.05) is 18.2 Å². The number of nitrogens with one attached hydrogen (secondary N) is 1. The van der Waals surface area contributed by atoms with E-state index in [9.17, 15) is 4.79 Å². The van der Waals surface area contributed by atoms with Crippen molar-refractivity contribution in [2.24, 2.45) is 0 Å². The molecule has 5 nitrogen and oxygen atoms in total. The number of benzene rings is 1. The van der Waals surface area contributed by atoms with Crippen LogP contribution in [0.5, 0.6) is 11.5 Å². The molecule has 0 saturated heterocycles. The second-order valence-corrected chi connectivity index (χ2v) is 5.53. The lowest BCUT2D eigenvalue weighted by molar-refractivity contribution is -0.125. The number of nitrogens with zero attached hydrogens (tertiary/aromatic N) is 1. The van der Waals surface area contributed by atoms with Crippen LogP contribution >= 0.6 is 0 Å². The van der Waals surface area contributed by atoms with Crippen LogP contribution in [0.15, 0.2) is 18.2 Å². The molecule has 1 N–H and O–H groups in total. The van der Waals surface area contributed by atoms with Gasteiger partial charge in [0.05, 0.1) is 20.3 Å². The van der Waals surface area contributed by atoms with Gasteiger partial charge in [0.2, 0.25) is 5.91 Å². The number of para-hydroxylation sites is 1. The highest BCUT2D eigenvalue weighted by molar-refractivity contribution is 5.81. The smallest absolute Gasteiger partial charge is 0.237 e. The Morgan fingerprint density at radius 1 is 1.38 bits per heavy atom. The molecule has 5 heteroatoms. The van der Waals surface area contributed by atoms with Crippen LogP contribution in [-0.2, 0) is 11.3 Å². The van der Waals surface area contributed by atoms with Gasteiger partial charge in [0.15, 0.2) is 11.5 Å². The van der Waals surface area contributed by atoms with Gasteiger partial charge in [-0.05, 0) is 32.9 Å². The Hall–Kier alpha value is -1.75. The Labute approximate surface area is 126 Å². The third-order valence-electron chi connectivity index (χ3n) is 3.87. The number of rotatable bonds is 7. The minimum Gasteiger partial charge on any atom is -0.493 e. The zero-order chi connectivity index (χ0) is 15.4. The standard InChI is InChI=1S/C16H24N2O3/c1-11(16(19)17-13-8-9-13)18(2)10-12-6-5-7-14(20-3)15(12)21-4/h5-7,11,13H,8-10H2,1-4H3,(H,17,19)/t11-/m1/s1. The molecule has 0 aromatic heterocycles. The Morgan fingerprint density at radius 2 is 2.10 bits per heavy atom. The molecule has 21 heavy (non-hydrogen) atoms. The molecule has 1 amide bonds. The topological polar surface area (TPSA) is 50.8 Å². The van der Waals surface area contributed by atoms with Crippen molar-refractivity contribution < 1.29 is 14.3 Å². The second-order valence-electron chi connectivity index (χ2n) is 5.53. The molecule has 1 aliphatic carbocycles. The minimum absolute atomic E-state index is 0.0851. The number of carbonyl (C=O) groups excluding carboxylic acids is 1. The van der Waals surface area contributed by atoms with Crippen LogP contribution in [0.2, 0.25) is 0 Å². The van der Waals surface area contributed by atoms with Crippen molar-refractivity contribution in [2.75, 3.05) is 21.3 Å². The summed E-state index contributed by atoms with van der Waals surface area (Å²) in [4.78, 5) is 14.1. The van der Waals surface area contributed by atoms with E-state index in [-0.39, 0.29) is 11.9 Å². The average molecular weight is 292 g/mol. The van der Waals surface area contributed by atoms with Gasteiger partial charge in [0.1, 0.15) is 0 Å².